The molecule has 27 heavy (non-hydrogen) atoms. The van der Waals surface area contributed by atoms with Gasteiger partial charge in [-0.3, -0.25) is 4.79 Å². The molecule has 0 bridgehead atoms. The van der Waals surface area contributed by atoms with Crippen LogP contribution in [0.5, 0.6) is 0 Å². The zero-order chi connectivity index (χ0) is 18.2. The summed E-state index contributed by atoms with van der Waals surface area (Å²) in [5.41, 5.74) is 2.11. The highest BCUT2D eigenvalue weighted by Gasteiger charge is 2.23. The van der Waals surface area contributed by atoms with E-state index in [-0.39, 0.29) is 5.56 Å². The van der Waals surface area contributed by atoms with Crippen LogP contribution in [-0.2, 0) is 5.75 Å². The average molecular weight is 400 g/mol. The molecule has 5 rings (SSSR count). The number of benzene rings is 1. The van der Waals surface area contributed by atoms with E-state index in [1.807, 2.05) is 40.7 Å². The number of aromatic nitrogens is 5. The summed E-state index contributed by atoms with van der Waals surface area (Å²) in [6, 6.07) is 7.97. The lowest BCUT2D eigenvalue weighted by molar-refractivity contribution is 0.430. The number of thioether (sulfide) groups is 2. The molecular weight excluding hydrogens is 382 g/mol. The van der Waals surface area contributed by atoms with Crippen molar-refractivity contribution in [2.45, 2.75) is 29.7 Å². The van der Waals surface area contributed by atoms with Crippen LogP contribution in [0.4, 0.5) is 0 Å². The molecule has 4 aromatic rings. The van der Waals surface area contributed by atoms with Gasteiger partial charge in [-0.1, -0.05) is 23.9 Å². The fourth-order valence-electron chi connectivity index (χ4n) is 3.35. The van der Waals surface area contributed by atoms with Crippen molar-refractivity contribution >= 4 is 45.7 Å². The third-order valence-electron chi connectivity index (χ3n) is 4.67. The van der Waals surface area contributed by atoms with Crippen molar-refractivity contribution in [1.29, 1.82) is 0 Å². The van der Waals surface area contributed by atoms with Crippen LogP contribution in [0.1, 0.15) is 24.8 Å². The summed E-state index contributed by atoms with van der Waals surface area (Å²) in [6.45, 7) is 0. The molecule has 4 heterocycles. The molecule has 1 saturated heterocycles. The molecule has 138 valence electrons. The van der Waals surface area contributed by atoms with Crippen LogP contribution in [0.25, 0.3) is 22.1 Å². The molecule has 0 spiro atoms. The number of H-pyrrole nitrogens is 1. The Labute approximate surface area is 163 Å². The lowest BCUT2D eigenvalue weighted by Crippen LogP contribution is -2.17. The molecule has 1 aliphatic heterocycles. The highest BCUT2D eigenvalue weighted by Crippen LogP contribution is 2.33. The molecule has 0 amide bonds. The number of oxazole rings is 1. The van der Waals surface area contributed by atoms with E-state index in [0.717, 1.165) is 35.4 Å². The zero-order valence-corrected chi connectivity index (χ0v) is 16.1. The minimum Gasteiger partial charge on any atom is -0.440 e. The first-order valence-electron chi connectivity index (χ1n) is 8.80. The largest absolute Gasteiger partial charge is 0.440 e. The summed E-state index contributed by atoms with van der Waals surface area (Å²) in [6.07, 6.45) is 3.55. The van der Waals surface area contributed by atoms with Crippen molar-refractivity contribution in [1.82, 2.24) is 24.7 Å². The Hall–Kier alpha value is -2.26. The lowest BCUT2D eigenvalue weighted by Gasteiger charge is -2.21. The van der Waals surface area contributed by atoms with Crippen molar-refractivity contribution in [3.05, 3.63) is 46.8 Å². The molecule has 3 aromatic heterocycles. The second-order valence-electron chi connectivity index (χ2n) is 6.39. The van der Waals surface area contributed by atoms with E-state index in [4.69, 9.17) is 9.52 Å². The maximum Gasteiger partial charge on any atom is 0.263 e. The standard InChI is InChI=1S/C18H17N5O2S2/c24-17-15-16(19-10-20-17)23(11-5-7-26-8-6-11)22-18(15)27-9-14-21-12-3-1-2-4-13(12)25-14/h1-4,10-11H,5-9H2,(H,19,20,24). The summed E-state index contributed by atoms with van der Waals surface area (Å²) in [5.74, 6) is 3.36. The molecule has 1 fully saturated rings. The van der Waals surface area contributed by atoms with E-state index in [9.17, 15) is 4.79 Å². The Morgan fingerprint density at radius 3 is 3.00 bits per heavy atom. The molecule has 0 unspecified atom stereocenters. The van der Waals surface area contributed by atoms with Crippen LogP contribution in [0.2, 0.25) is 0 Å². The van der Waals surface area contributed by atoms with Gasteiger partial charge in [0.1, 0.15) is 15.9 Å². The quantitative estimate of drug-likeness (QED) is 0.524. The number of nitrogens with zero attached hydrogens (tertiary/aromatic N) is 4. The minimum atomic E-state index is -0.156. The third-order valence-corrected chi connectivity index (χ3v) is 6.67. The first kappa shape index (κ1) is 16.9. The molecular formula is C18H17N5O2S2. The molecule has 0 saturated carbocycles. The van der Waals surface area contributed by atoms with Gasteiger partial charge in [-0.15, -0.1) is 0 Å². The maximum atomic E-state index is 12.4. The monoisotopic (exact) mass is 399 g/mol. The third kappa shape index (κ3) is 3.14. The van der Waals surface area contributed by atoms with Gasteiger partial charge in [-0.05, 0) is 36.5 Å². The normalized spacial score (nSPS) is 15.7. The molecule has 1 aromatic carbocycles. The summed E-state index contributed by atoms with van der Waals surface area (Å²) >= 11 is 3.43. The first-order valence-corrected chi connectivity index (χ1v) is 10.9. The highest BCUT2D eigenvalue weighted by atomic mass is 32.2. The average Bonchev–Trinajstić information content (AvgIpc) is 3.29. The summed E-state index contributed by atoms with van der Waals surface area (Å²) in [4.78, 5) is 24.0. The number of fused-ring (bicyclic) bond motifs is 2. The smallest absolute Gasteiger partial charge is 0.263 e. The number of hydrogen-bond donors (Lipinski definition) is 1. The molecule has 0 aliphatic carbocycles. The molecule has 9 heteroatoms. The van der Waals surface area contributed by atoms with Crippen molar-refractivity contribution in [3.8, 4) is 0 Å². The Balaban J connectivity index is 1.49. The van der Waals surface area contributed by atoms with Crippen molar-refractivity contribution in [2.24, 2.45) is 0 Å². The number of rotatable bonds is 4. The fourth-order valence-corrected chi connectivity index (χ4v) is 5.29. The van der Waals surface area contributed by atoms with E-state index in [1.54, 1.807) is 0 Å². The van der Waals surface area contributed by atoms with E-state index < -0.39 is 0 Å². The Bertz CT molecular complexity index is 1130. The minimum absolute atomic E-state index is 0.156. The predicted molar refractivity (Wildman–Crippen MR) is 107 cm³/mol. The molecule has 0 radical (unpaired) electrons. The summed E-state index contributed by atoms with van der Waals surface area (Å²) in [7, 11) is 0. The van der Waals surface area contributed by atoms with Crippen molar-refractivity contribution in [3.63, 3.8) is 0 Å². The van der Waals surface area contributed by atoms with E-state index >= 15 is 0 Å². The lowest BCUT2D eigenvalue weighted by atomic mass is 10.1. The predicted octanol–water partition coefficient (Wildman–Crippen LogP) is 3.62. The maximum absolute atomic E-state index is 12.4. The Morgan fingerprint density at radius 1 is 1.30 bits per heavy atom. The molecule has 1 N–H and O–H groups in total. The molecule has 1 aliphatic rings. The topological polar surface area (TPSA) is 89.6 Å². The van der Waals surface area contributed by atoms with Gasteiger partial charge >= 0.3 is 0 Å². The number of nitrogens with one attached hydrogen (secondary N) is 1. The second-order valence-corrected chi connectivity index (χ2v) is 8.58. The van der Waals surface area contributed by atoms with Gasteiger partial charge in [0, 0.05) is 0 Å². The SMILES string of the molecule is O=c1[nH]cnc2c1c(SCc1nc3ccccc3o1)nn2C1CCSCC1. The van der Waals surface area contributed by atoms with Crippen molar-refractivity contribution < 1.29 is 4.42 Å². The molecule has 7 nitrogen and oxygen atoms in total. The highest BCUT2D eigenvalue weighted by molar-refractivity contribution is 7.99. The number of hydrogen-bond acceptors (Lipinski definition) is 7. The van der Waals surface area contributed by atoms with Crippen LogP contribution >= 0.6 is 23.5 Å². The van der Waals surface area contributed by atoms with E-state index in [0.29, 0.717) is 33.7 Å². The van der Waals surface area contributed by atoms with Gasteiger partial charge in [0.2, 0.25) is 5.89 Å². The number of aromatic amines is 1. The van der Waals surface area contributed by atoms with Gasteiger partial charge in [-0.2, -0.15) is 16.9 Å². The fraction of sp³-hybridized carbons (Fsp3) is 0.333. The Kier molecular flexibility index (Phi) is 4.41. The van der Waals surface area contributed by atoms with Crippen LogP contribution in [0, 0.1) is 0 Å². The number of para-hydroxylation sites is 2. The molecule has 0 atom stereocenters. The summed E-state index contributed by atoms with van der Waals surface area (Å²) < 4.78 is 7.73. The first-order chi connectivity index (χ1) is 13.3. The Morgan fingerprint density at radius 2 is 2.15 bits per heavy atom. The van der Waals surface area contributed by atoms with E-state index in [2.05, 4.69) is 15.0 Å². The van der Waals surface area contributed by atoms with Gasteiger partial charge in [-0.25, -0.2) is 14.6 Å². The van der Waals surface area contributed by atoms with E-state index in [1.165, 1.54) is 18.1 Å². The van der Waals surface area contributed by atoms with Gasteiger partial charge < -0.3 is 9.40 Å². The van der Waals surface area contributed by atoms with Crippen LogP contribution in [0.15, 0.2) is 44.8 Å². The van der Waals surface area contributed by atoms with Crippen LogP contribution in [-0.4, -0.2) is 36.2 Å². The summed E-state index contributed by atoms with van der Waals surface area (Å²) in [5, 5.41) is 5.99. The van der Waals surface area contributed by atoms with Gasteiger partial charge in [0.15, 0.2) is 11.2 Å². The van der Waals surface area contributed by atoms with Crippen LogP contribution < -0.4 is 5.56 Å². The van der Waals surface area contributed by atoms with Crippen LogP contribution in [0.3, 0.4) is 0 Å². The van der Waals surface area contributed by atoms with Crippen molar-refractivity contribution in [2.75, 3.05) is 11.5 Å². The van der Waals surface area contributed by atoms with Gasteiger partial charge in [0.25, 0.3) is 5.56 Å². The zero-order valence-electron chi connectivity index (χ0n) is 14.4. The second kappa shape index (κ2) is 7.05. The van der Waals surface area contributed by atoms with Gasteiger partial charge in [0.05, 0.1) is 18.1 Å².